The molecule has 3 aromatic rings. The summed E-state index contributed by atoms with van der Waals surface area (Å²) in [6.07, 6.45) is -4.27. The zero-order valence-electron chi connectivity index (χ0n) is 18.4. The summed E-state index contributed by atoms with van der Waals surface area (Å²) in [6.45, 7) is -0.384. The van der Waals surface area contributed by atoms with Gasteiger partial charge in [0, 0.05) is 17.7 Å². The molecule has 0 aromatic heterocycles. The van der Waals surface area contributed by atoms with Crippen molar-refractivity contribution in [3.8, 4) is 40.2 Å². The average Bonchev–Trinajstić information content (AvgIpc) is 2.85. The Morgan fingerprint density at radius 1 is 0.829 bits per heavy atom. The summed E-state index contributed by atoms with van der Waals surface area (Å²) in [4.78, 5) is 12.7. The number of rotatable bonds is 4. The third kappa shape index (κ3) is 3.82. The number of Topliss-reactive ketones (excluding diaryl/α,β-unsaturated/α-hetero) is 1. The van der Waals surface area contributed by atoms with Gasteiger partial charge in [-0.2, -0.15) is 0 Å². The van der Waals surface area contributed by atoms with Gasteiger partial charge in [0.2, 0.25) is 5.78 Å². The van der Waals surface area contributed by atoms with E-state index in [0.717, 1.165) is 6.07 Å². The van der Waals surface area contributed by atoms with Crippen molar-refractivity contribution in [1.29, 1.82) is 0 Å². The fourth-order valence-corrected chi connectivity index (χ4v) is 4.28. The fourth-order valence-electron chi connectivity index (χ4n) is 4.28. The smallest absolute Gasteiger partial charge is 0.202 e. The van der Waals surface area contributed by atoms with Crippen LogP contribution in [-0.2, 0) is 0 Å². The van der Waals surface area contributed by atoms with E-state index in [1.807, 2.05) is 0 Å². The number of aromatic hydroxyl groups is 3. The van der Waals surface area contributed by atoms with E-state index in [1.54, 1.807) is 24.3 Å². The molecule has 2 aliphatic rings. The Hall–Kier alpha value is -4.15. The molecule has 0 fully saturated rings. The van der Waals surface area contributed by atoms with E-state index >= 15 is 0 Å². The van der Waals surface area contributed by atoms with Crippen molar-refractivity contribution < 1.29 is 49.3 Å². The summed E-state index contributed by atoms with van der Waals surface area (Å²) in [5.41, 5.74) is 0.779. The Morgan fingerprint density at radius 2 is 1.54 bits per heavy atom. The second-order valence-corrected chi connectivity index (χ2v) is 8.20. The molecule has 0 aliphatic carbocycles. The SMILES string of the molecule is COc1cc(C2Oc3ccc(C4Oc5cc(O)cc(O)c5C(=O)[C@@H]4O)cc3OC2CO)ccc1O. The molecule has 2 aliphatic heterocycles. The highest BCUT2D eigenvalue weighted by atomic mass is 16.6. The van der Waals surface area contributed by atoms with E-state index in [-0.39, 0.29) is 40.9 Å². The summed E-state index contributed by atoms with van der Waals surface area (Å²) < 4.78 is 23.0. The molecule has 182 valence electrons. The molecule has 0 radical (unpaired) electrons. The lowest BCUT2D eigenvalue weighted by Gasteiger charge is -2.35. The quantitative estimate of drug-likeness (QED) is 0.374. The molecule has 5 N–H and O–H groups in total. The first kappa shape index (κ1) is 22.6. The molecule has 10 nitrogen and oxygen atoms in total. The van der Waals surface area contributed by atoms with Crippen molar-refractivity contribution in [2.75, 3.05) is 13.7 Å². The number of hydrogen-bond acceptors (Lipinski definition) is 10. The highest BCUT2D eigenvalue weighted by molar-refractivity contribution is 6.05. The van der Waals surface area contributed by atoms with Crippen LogP contribution >= 0.6 is 0 Å². The lowest BCUT2D eigenvalue weighted by atomic mass is 9.92. The molecule has 0 spiro atoms. The second kappa shape index (κ2) is 8.57. The molecule has 0 bridgehead atoms. The minimum atomic E-state index is -1.62. The van der Waals surface area contributed by atoms with Crippen LogP contribution in [0, 0.1) is 0 Å². The normalized spacial score (nSPS) is 22.8. The van der Waals surface area contributed by atoms with E-state index in [9.17, 15) is 30.3 Å². The third-order valence-corrected chi connectivity index (χ3v) is 6.00. The van der Waals surface area contributed by atoms with Gasteiger partial charge in [-0.3, -0.25) is 4.79 Å². The number of hydrogen-bond donors (Lipinski definition) is 5. The van der Waals surface area contributed by atoms with Crippen molar-refractivity contribution in [3.63, 3.8) is 0 Å². The van der Waals surface area contributed by atoms with Gasteiger partial charge in [-0.05, 0) is 29.8 Å². The van der Waals surface area contributed by atoms with Gasteiger partial charge in [0.15, 0.2) is 47.4 Å². The number of phenols is 3. The third-order valence-electron chi connectivity index (χ3n) is 6.00. The Morgan fingerprint density at radius 3 is 2.29 bits per heavy atom. The topological polar surface area (TPSA) is 155 Å². The summed E-state index contributed by atoms with van der Waals surface area (Å²) in [7, 11) is 1.42. The molecular weight excluding hydrogens is 460 g/mol. The van der Waals surface area contributed by atoms with Crippen molar-refractivity contribution >= 4 is 5.78 Å². The van der Waals surface area contributed by atoms with Crippen LogP contribution in [0.15, 0.2) is 48.5 Å². The fraction of sp³-hybridized carbons (Fsp3) is 0.240. The summed E-state index contributed by atoms with van der Waals surface area (Å²) in [5, 5.41) is 50.2. The van der Waals surface area contributed by atoms with Gasteiger partial charge in [-0.1, -0.05) is 12.1 Å². The number of methoxy groups -OCH3 is 1. The number of carbonyl (C=O) groups excluding carboxylic acids is 1. The minimum Gasteiger partial charge on any atom is -0.508 e. The van der Waals surface area contributed by atoms with E-state index in [0.29, 0.717) is 16.9 Å². The van der Waals surface area contributed by atoms with Crippen LogP contribution < -0.4 is 18.9 Å². The molecule has 4 atom stereocenters. The number of phenolic OH excluding ortho intramolecular Hbond substituents is 3. The van der Waals surface area contributed by atoms with Gasteiger partial charge in [0.05, 0.1) is 13.7 Å². The summed E-state index contributed by atoms with van der Waals surface area (Å²) in [6, 6.07) is 11.6. The number of fused-ring (bicyclic) bond motifs is 2. The zero-order chi connectivity index (χ0) is 24.9. The van der Waals surface area contributed by atoms with E-state index < -0.39 is 35.9 Å². The highest BCUT2D eigenvalue weighted by Crippen LogP contribution is 2.45. The summed E-state index contributed by atoms with van der Waals surface area (Å²) in [5.74, 6) is -0.789. The van der Waals surface area contributed by atoms with Gasteiger partial charge in [-0.15, -0.1) is 0 Å². The van der Waals surface area contributed by atoms with Gasteiger partial charge < -0.3 is 44.5 Å². The van der Waals surface area contributed by atoms with E-state index in [1.165, 1.54) is 25.3 Å². The van der Waals surface area contributed by atoms with Crippen LogP contribution in [0.25, 0.3) is 0 Å². The monoisotopic (exact) mass is 482 g/mol. The maximum atomic E-state index is 12.7. The van der Waals surface area contributed by atoms with Crippen LogP contribution in [0.4, 0.5) is 0 Å². The highest BCUT2D eigenvalue weighted by Gasteiger charge is 2.40. The molecule has 3 unspecified atom stereocenters. The lowest BCUT2D eigenvalue weighted by Crippen LogP contribution is -2.37. The molecule has 0 saturated heterocycles. The molecule has 5 rings (SSSR count). The molecule has 3 aromatic carbocycles. The van der Waals surface area contributed by atoms with Gasteiger partial charge in [0.25, 0.3) is 0 Å². The Bertz CT molecular complexity index is 1300. The van der Waals surface area contributed by atoms with Crippen LogP contribution in [0.3, 0.4) is 0 Å². The van der Waals surface area contributed by atoms with Crippen molar-refractivity contribution in [2.45, 2.75) is 24.4 Å². The van der Waals surface area contributed by atoms with Gasteiger partial charge in [0.1, 0.15) is 22.8 Å². The van der Waals surface area contributed by atoms with Crippen molar-refractivity contribution in [2.24, 2.45) is 0 Å². The standard InChI is InChI=1S/C25H22O10/c1-32-17-6-11(2-4-14(17)28)24-20(10-26)33-18-7-12(3-5-16(18)34-24)25-23(31)22(30)21-15(29)8-13(27)9-19(21)35-25/h2-9,20,23-29,31H,10H2,1H3/t20?,23-,24?,25?/m0/s1. The maximum absolute atomic E-state index is 12.7. The number of ether oxygens (including phenoxy) is 4. The predicted octanol–water partition coefficient (Wildman–Crippen LogP) is 2.36. The molecule has 2 heterocycles. The first-order valence-electron chi connectivity index (χ1n) is 10.7. The Balaban J connectivity index is 1.46. The first-order chi connectivity index (χ1) is 16.8. The van der Waals surface area contributed by atoms with Gasteiger partial charge >= 0.3 is 0 Å². The number of carbonyl (C=O) groups is 1. The average molecular weight is 482 g/mol. The second-order valence-electron chi connectivity index (χ2n) is 8.20. The van der Waals surface area contributed by atoms with Crippen LogP contribution in [-0.4, -0.2) is 57.2 Å². The zero-order valence-corrected chi connectivity index (χ0v) is 18.4. The molecule has 0 amide bonds. The largest absolute Gasteiger partial charge is 0.508 e. The van der Waals surface area contributed by atoms with Crippen molar-refractivity contribution in [1.82, 2.24) is 0 Å². The first-order valence-corrected chi connectivity index (χ1v) is 10.7. The number of aliphatic hydroxyl groups is 2. The van der Waals surface area contributed by atoms with E-state index in [4.69, 9.17) is 18.9 Å². The summed E-state index contributed by atoms with van der Waals surface area (Å²) >= 11 is 0. The van der Waals surface area contributed by atoms with Crippen LogP contribution in [0.2, 0.25) is 0 Å². The number of aliphatic hydroxyl groups excluding tert-OH is 2. The molecule has 10 heteroatoms. The Labute approximate surface area is 199 Å². The molecular formula is C25H22O10. The van der Waals surface area contributed by atoms with Crippen LogP contribution in [0.1, 0.15) is 33.7 Å². The molecule has 35 heavy (non-hydrogen) atoms. The van der Waals surface area contributed by atoms with Crippen molar-refractivity contribution in [3.05, 3.63) is 65.2 Å². The maximum Gasteiger partial charge on any atom is 0.202 e. The number of benzene rings is 3. The van der Waals surface area contributed by atoms with E-state index in [2.05, 4.69) is 0 Å². The lowest BCUT2D eigenvalue weighted by molar-refractivity contribution is -0.0130. The molecule has 0 saturated carbocycles. The van der Waals surface area contributed by atoms with Gasteiger partial charge in [-0.25, -0.2) is 0 Å². The van der Waals surface area contributed by atoms with Crippen LogP contribution in [0.5, 0.6) is 40.2 Å². The minimum absolute atomic E-state index is 0.0395. The Kier molecular flexibility index (Phi) is 5.54. The number of ketones is 1. The predicted molar refractivity (Wildman–Crippen MR) is 119 cm³/mol.